The van der Waals surface area contributed by atoms with E-state index < -0.39 is 0 Å². The van der Waals surface area contributed by atoms with Gasteiger partial charge in [-0.2, -0.15) is 0 Å². The molecule has 0 radical (unpaired) electrons. The third kappa shape index (κ3) is 2.98. The van der Waals surface area contributed by atoms with E-state index in [4.69, 9.17) is 0 Å². The molecule has 4 aromatic carbocycles. The summed E-state index contributed by atoms with van der Waals surface area (Å²) in [5.41, 5.74) is 8.37. The van der Waals surface area contributed by atoms with Crippen LogP contribution in [0.15, 0.2) is 93.1 Å². The van der Waals surface area contributed by atoms with Crippen LogP contribution in [0.3, 0.4) is 0 Å². The number of rotatable bonds is 3. The number of fused-ring (bicyclic) bond motifs is 3. The third-order valence-electron chi connectivity index (χ3n) is 6.07. The van der Waals surface area contributed by atoms with Crippen molar-refractivity contribution in [3.8, 4) is 0 Å². The van der Waals surface area contributed by atoms with Crippen molar-refractivity contribution in [2.24, 2.45) is 0 Å². The van der Waals surface area contributed by atoms with E-state index >= 15 is 0 Å². The highest BCUT2D eigenvalue weighted by Gasteiger charge is 2.20. The molecular weight excluding hydrogens is 448 g/mol. The fourth-order valence-electron chi connectivity index (χ4n) is 4.62. The summed E-state index contributed by atoms with van der Waals surface area (Å²) >= 11 is 5.61. The lowest BCUT2D eigenvalue weighted by Crippen LogP contribution is -1.89. The molecule has 144 valence electrons. The third-order valence-corrected chi connectivity index (χ3v) is 7.91. The Morgan fingerprint density at radius 3 is 2.33 bits per heavy atom. The van der Waals surface area contributed by atoms with Gasteiger partial charge in [-0.3, -0.25) is 0 Å². The van der Waals surface area contributed by atoms with E-state index in [0.717, 1.165) is 17.3 Å². The predicted molar refractivity (Wildman–Crippen MR) is 133 cm³/mol. The Bertz CT molecular complexity index is 1380. The Morgan fingerprint density at radius 2 is 1.43 bits per heavy atom. The molecule has 0 aromatic heterocycles. The van der Waals surface area contributed by atoms with Crippen LogP contribution >= 0.6 is 27.7 Å². The molecule has 0 heterocycles. The van der Waals surface area contributed by atoms with Crippen LogP contribution in [0.5, 0.6) is 0 Å². The fourth-order valence-corrected chi connectivity index (χ4v) is 6.26. The van der Waals surface area contributed by atoms with E-state index in [1.807, 2.05) is 11.8 Å². The molecule has 0 saturated carbocycles. The second-order valence-corrected chi connectivity index (χ2v) is 9.79. The summed E-state index contributed by atoms with van der Waals surface area (Å²) in [7, 11) is 0. The summed E-state index contributed by atoms with van der Waals surface area (Å²) in [6.07, 6.45) is 8.99. The largest absolute Gasteiger partial charge is 0.0888 e. The van der Waals surface area contributed by atoms with Crippen molar-refractivity contribution in [2.45, 2.75) is 22.6 Å². The normalized spacial score (nSPS) is 14.1. The van der Waals surface area contributed by atoms with Crippen molar-refractivity contribution in [3.05, 3.63) is 111 Å². The molecule has 0 fully saturated rings. The zero-order valence-electron chi connectivity index (χ0n) is 16.4. The first kappa shape index (κ1) is 18.2. The lowest BCUT2D eigenvalue weighted by Gasteiger charge is -2.10. The molecule has 0 N–H and O–H groups in total. The highest BCUT2D eigenvalue weighted by Crippen LogP contribution is 2.43. The van der Waals surface area contributed by atoms with Crippen LogP contribution in [0.25, 0.3) is 28.5 Å². The van der Waals surface area contributed by atoms with Crippen molar-refractivity contribution in [1.29, 1.82) is 0 Å². The average Bonchev–Trinajstić information content (AvgIpc) is 3.42. The molecule has 2 heteroatoms. The maximum absolute atomic E-state index is 3.71. The highest BCUT2D eigenvalue weighted by molar-refractivity contribution is 9.10. The predicted octanol–water partition coefficient (Wildman–Crippen LogP) is 8.42. The smallest absolute Gasteiger partial charge is 0.0253 e. The summed E-state index contributed by atoms with van der Waals surface area (Å²) < 4.78 is 1.15. The van der Waals surface area contributed by atoms with Gasteiger partial charge in [0.1, 0.15) is 0 Å². The second-order valence-electron chi connectivity index (χ2n) is 7.85. The van der Waals surface area contributed by atoms with Crippen molar-refractivity contribution in [1.82, 2.24) is 0 Å². The molecule has 2 aliphatic rings. The quantitative estimate of drug-likeness (QED) is 0.291. The summed E-state index contributed by atoms with van der Waals surface area (Å²) in [5.74, 6) is 0. The summed E-state index contributed by atoms with van der Waals surface area (Å²) in [6, 6.07) is 26.5. The Morgan fingerprint density at radius 1 is 0.700 bits per heavy atom. The van der Waals surface area contributed by atoms with Crippen LogP contribution in [0.4, 0.5) is 0 Å². The summed E-state index contributed by atoms with van der Waals surface area (Å²) in [4.78, 5) is 2.70. The van der Waals surface area contributed by atoms with E-state index in [9.17, 15) is 0 Å². The molecule has 6 rings (SSSR count). The first-order chi connectivity index (χ1) is 14.8. The van der Waals surface area contributed by atoms with Crippen LogP contribution in [-0.4, -0.2) is 0 Å². The zero-order chi connectivity index (χ0) is 20.1. The molecule has 0 aliphatic heterocycles. The Balaban J connectivity index is 1.43. The number of halogens is 1. The first-order valence-electron chi connectivity index (χ1n) is 10.2. The molecule has 2 aliphatic carbocycles. The molecule has 0 unspecified atom stereocenters. The van der Waals surface area contributed by atoms with Crippen LogP contribution < -0.4 is 0 Å². The SMILES string of the molecule is Brc1cccc2c(C3=Cc4c(cccc4Sc4cccc5c4C=CC5)C3)cccc12. The molecule has 0 spiro atoms. The summed E-state index contributed by atoms with van der Waals surface area (Å²) in [5, 5.41) is 2.58. The van der Waals surface area contributed by atoms with Crippen molar-refractivity contribution in [3.63, 3.8) is 0 Å². The van der Waals surface area contributed by atoms with E-state index in [0.29, 0.717) is 0 Å². The van der Waals surface area contributed by atoms with Gasteiger partial charge in [-0.1, -0.05) is 94.4 Å². The standard InChI is InChI=1S/C28H19BrS/c29-26-13-5-11-23-21(9-4-12-24(23)26)20-16-19-8-3-15-28(25(19)17-20)30-27-14-2-7-18-6-1-10-22(18)27/h1-5,7-15,17H,6,16H2. The van der Waals surface area contributed by atoms with Gasteiger partial charge in [-0.15, -0.1) is 0 Å². The number of benzene rings is 4. The van der Waals surface area contributed by atoms with Gasteiger partial charge in [0, 0.05) is 14.3 Å². The molecule has 0 amide bonds. The van der Waals surface area contributed by atoms with Crippen LogP contribution in [-0.2, 0) is 12.8 Å². The van der Waals surface area contributed by atoms with Gasteiger partial charge >= 0.3 is 0 Å². The Hall–Kier alpha value is -2.55. The van der Waals surface area contributed by atoms with Crippen LogP contribution in [0.2, 0.25) is 0 Å². The van der Waals surface area contributed by atoms with E-state index in [1.54, 1.807) is 0 Å². The highest BCUT2D eigenvalue weighted by atomic mass is 79.9. The Kier molecular flexibility index (Phi) is 4.44. The minimum absolute atomic E-state index is 0.988. The van der Waals surface area contributed by atoms with E-state index in [-0.39, 0.29) is 0 Å². The van der Waals surface area contributed by atoms with Gasteiger partial charge in [0.05, 0.1) is 0 Å². The minimum atomic E-state index is 0.988. The van der Waals surface area contributed by atoms with Crippen molar-refractivity contribution >= 4 is 56.2 Å². The lowest BCUT2D eigenvalue weighted by molar-refractivity contribution is 1.25. The van der Waals surface area contributed by atoms with Crippen LogP contribution in [0, 0.1) is 0 Å². The van der Waals surface area contributed by atoms with Crippen molar-refractivity contribution < 1.29 is 0 Å². The zero-order valence-corrected chi connectivity index (χ0v) is 18.8. The number of hydrogen-bond acceptors (Lipinski definition) is 1. The van der Waals surface area contributed by atoms with Crippen LogP contribution in [0.1, 0.15) is 27.8 Å². The van der Waals surface area contributed by atoms with Crippen molar-refractivity contribution in [2.75, 3.05) is 0 Å². The lowest BCUT2D eigenvalue weighted by atomic mass is 9.97. The van der Waals surface area contributed by atoms with Gasteiger partial charge in [-0.25, -0.2) is 0 Å². The molecule has 4 aromatic rings. The monoisotopic (exact) mass is 466 g/mol. The van der Waals surface area contributed by atoms with Gasteiger partial charge in [0.15, 0.2) is 0 Å². The molecular formula is C28H19BrS. The number of allylic oxidation sites excluding steroid dienone is 2. The summed E-state index contributed by atoms with van der Waals surface area (Å²) in [6.45, 7) is 0. The fraction of sp³-hybridized carbons (Fsp3) is 0.0714. The molecule has 0 bridgehead atoms. The maximum atomic E-state index is 3.71. The molecule has 30 heavy (non-hydrogen) atoms. The first-order valence-corrected chi connectivity index (χ1v) is 11.9. The van der Waals surface area contributed by atoms with Gasteiger partial charge in [-0.05, 0) is 81.3 Å². The average molecular weight is 467 g/mol. The minimum Gasteiger partial charge on any atom is -0.0888 e. The van der Waals surface area contributed by atoms with E-state index in [1.165, 1.54) is 54.0 Å². The van der Waals surface area contributed by atoms with Gasteiger partial charge in [0.2, 0.25) is 0 Å². The van der Waals surface area contributed by atoms with E-state index in [2.05, 4.69) is 107 Å². The topological polar surface area (TPSA) is 0 Å². The Labute approximate surface area is 189 Å². The maximum Gasteiger partial charge on any atom is 0.0253 e. The van der Waals surface area contributed by atoms with Gasteiger partial charge in [0.25, 0.3) is 0 Å². The van der Waals surface area contributed by atoms with Gasteiger partial charge < -0.3 is 0 Å². The molecule has 0 atom stereocenters. The molecule has 0 saturated heterocycles. The number of hydrogen-bond donors (Lipinski definition) is 0. The molecule has 0 nitrogen and oxygen atoms in total. The second kappa shape index (κ2) is 7.30.